The minimum atomic E-state index is -1.98. The Balaban J connectivity index is 2.19. The van der Waals surface area contributed by atoms with Gasteiger partial charge in [-0.25, -0.2) is 4.79 Å². The molecule has 1 aromatic rings. The van der Waals surface area contributed by atoms with Crippen LogP contribution in [0.5, 0.6) is 0 Å². The maximum absolute atomic E-state index is 12.8. The van der Waals surface area contributed by atoms with Crippen LogP contribution in [0.2, 0.25) is 18.1 Å². The Morgan fingerprint density at radius 1 is 1.36 bits per heavy atom. The van der Waals surface area contributed by atoms with E-state index in [9.17, 15) is 9.59 Å². The smallest absolute Gasteiger partial charge is 0.328 e. The molecule has 0 saturated carbocycles. The highest BCUT2D eigenvalue weighted by Crippen LogP contribution is 2.39. The lowest BCUT2D eigenvalue weighted by Gasteiger charge is -2.38. The third-order valence-electron chi connectivity index (χ3n) is 5.18. The summed E-state index contributed by atoms with van der Waals surface area (Å²) in [6.07, 6.45) is 2.04. The van der Waals surface area contributed by atoms with Gasteiger partial charge in [0.1, 0.15) is 11.7 Å². The molecule has 2 rings (SSSR count). The van der Waals surface area contributed by atoms with E-state index in [1.807, 2.05) is 0 Å². The molecule has 0 unspecified atom stereocenters. The van der Waals surface area contributed by atoms with Gasteiger partial charge in [0.25, 0.3) is 5.91 Å². The molecule has 1 fully saturated rings. The van der Waals surface area contributed by atoms with Crippen LogP contribution >= 0.6 is 0 Å². The first-order valence-corrected chi connectivity index (χ1v) is 11.8. The molecule has 1 aromatic heterocycles. The summed E-state index contributed by atoms with van der Waals surface area (Å²) in [5.74, 6) is -0.548. The lowest BCUT2D eigenvalue weighted by atomic mass is 10.2. The highest BCUT2D eigenvalue weighted by Gasteiger charge is 2.46. The Morgan fingerprint density at radius 3 is 2.56 bits per heavy atom. The maximum Gasteiger partial charge on any atom is 0.328 e. The number of carbonyl (C=O) groups is 2. The zero-order valence-corrected chi connectivity index (χ0v) is 17.1. The van der Waals surface area contributed by atoms with E-state index in [4.69, 9.17) is 9.16 Å². The van der Waals surface area contributed by atoms with Crippen LogP contribution in [-0.4, -0.2) is 55.4 Å². The van der Waals surface area contributed by atoms with Gasteiger partial charge >= 0.3 is 5.97 Å². The monoisotopic (exact) mass is 366 g/mol. The van der Waals surface area contributed by atoms with E-state index in [0.717, 1.165) is 0 Å². The van der Waals surface area contributed by atoms with Crippen molar-refractivity contribution in [2.45, 2.75) is 64.4 Å². The first-order valence-electron chi connectivity index (χ1n) is 8.85. The van der Waals surface area contributed by atoms with Crippen LogP contribution in [0.15, 0.2) is 18.3 Å². The number of rotatable bonds is 5. The Kier molecular flexibility index (Phi) is 5.78. The summed E-state index contributed by atoms with van der Waals surface area (Å²) < 4.78 is 11.6. The summed E-state index contributed by atoms with van der Waals surface area (Å²) in [7, 11) is -1.98. The van der Waals surface area contributed by atoms with Gasteiger partial charge in [-0.2, -0.15) is 0 Å². The predicted octanol–water partition coefficient (Wildman–Crippen LogP) is 3.18. The molecule has 6 nitrogen and oxygen atoms in total. The van der Waals surface area contributed by atoms with Crippen molar-refractivity contribution in [1.29, 1.82) is 0 Å². The third-order valence-corrected chi connectivity index (χ3v) is 9.71. The SMILES string of the molecule is CCOC(=O)[C@@H]1C[C@@H](O[Si](C)(C)C(C)(C)C)CN1C(=O)c1ccc[nH]1. The fourth-order valence-electron chi connectivity index (χ4n) is 2.78. The average Bonchev–Trinajstić information content (AvgIpc) is 3.14. The summed E-state index contributed by atoms with van der Waals surface area (Å²) in [5.41, 5.74) is 0.474. The van der Waals surface area contributed by atoms with Crippen LogP contribution in [0.3, 0.4) is 0 Å². The number of nitrogens with zero attached hydrogens (tertiary/aromatic N) is 1. The van der Waals surface area contributed by atoms with Crippen molar-refractivity contribution < 1.29 is 18.8 Å². The minimum Gasteiger partial charge on any atom is -0.464 e. The summed E-state index contributed by atoms with van der Waals surface area (Å²) in [5, 5.41) is 0.0727. The number of aromatic amines is 1. The summed E-state index contributed by atoms with van der Waals surface area (Å²) >= 11 is 0. The molecular weight excluding hydrogens is 336 g/mol. The van der Waals surface area contributed by atoms with Gasteiger partial charge in [0.15, 0.2) is 8.32 Å². The van der Waals surface area contributed by atoms with E-state index in [1.54, 1.807) is 30.2 Å². The second-order valence-electron chi connectivity index (χ2n) is 8.05. The molecule has 25 heavy (non-hydrogen) atoms. The van der Waals surface area contributed by atoms with Crippen molar-refractivity contribution >= 4 is 20.2 Å². The molecule has 140 valence electrons. The van der Waals surface area contributed by atoms with Crippen LogP contribution in [0, 0.1) is 0 Å². The van der Waals surface area contributed by atoms with E-state index < -0.39 is 14.4 Å². The first-order chi connectivity index (χ1) is 11.6. The maximum atomic E-state index is 12.8. The van der Waals surface area contributed by atoms with Crippen molar-refractivity contribution in [2.24, 2.45) is 0 Å². The van der Waals surface area contributed by atoms with Crippen molar-refractivity contribution in [3.63, 3.8) is 0 Å². The molecule has 1 saturated heterocycles. The highest BCUT2D eigenvalue weighted by molar-refractivity contribution is 6.74. The molecule has 1 aliphatic rings. The molecule has 1 aliphatic heterocycles. The number of H-pyrrole nitrogens is 1. The number of esters is 1. The van der Waals surface area contributed by atoms with Gasteiger partial charge in [0.2, 0.25) is 0 Å². The number of hydrogen-bond donors (Lipinski definition) is 1. The highest BCUT2D eigenvalue weighted by atomic mass is 28.4. The third kappa shape index (κ3) is 4.33. The Hall–Kier alpha value is -1.60. The standard InChI is InChI=1S/C18H30N2O4Si/c1-7-23-17(22)15-11-13(24-25(5,6)18(2,3)4)12-20(15)16(21)14-9-8-10-19-14/h8-10,13,15,19H,7,11-12H2,1-6H3/t13-,15+/m1/s1. The number of nitrogens with one attached hydrogen (secondary N) is 1. The topological polar surface area (TPSA) is 71.6 Å². The zero-order chi connectivity index (χ0) is 18.8. The molecule has 0 bridgehead atoms. The van der Waals surface area contributed by atoms with Crippen molar-refractivity contribution in [3.05, 3.63) is 24.0 Å². The van der Waals surface area contributed by atoms with Crippen LogP contribution in [0.25, 0.3) is 0 Å². The fourth-order valence-corrected chi connectivity index (χ4v) is 4.14. The quantitative estimate of drug-likeness (QED) is 0.642. The fraction of sp³-hybridized carbons (Fsp3) is 0.667. The van der Waals surface area contributed by atoms with Gasteiger partial charge in [-0.15, -0.1) is 0 Å². The molecule has 1 amide bonds. The Bertz CT molecular complexity index is 607. The van der Waals surface area contributed by atoms with Gasteiger partial charge < -0.3 is 19.0 Å². The zero-order valence-electron chi connectivity index (χ0n) is 16.1. The van der Waals surface area contributed by atoms with E-state index in [0.29, 0.717) is 25.3 Å². The molecule has 0 spiro atoms. The molecule has 2 atom stereocenters. The predicted molar refractivity (Wildman–Crippen MR) is 98.9 cm³/mol. The number of hydrogen-bond acceptors (Lipinski definition) is 4. The van der Waals surface area contributed by atoms with Gasteiger partial charge in [0, 0.05) is 19.2 Å². The van der Waals surface area contributed by atoms with E-state index in [-0.39, 0.29) is 23.0 Å². The minimum absolute atomic E-state index is 0.0727. The normalized spacial score (nSPS) is 21.4. The van der Waals surface area contributed by atoms with Gasteiger partial charge in [-0.1, -0.05) is 20.8 Å². The molecule has 7 heteroatoms. The molecule has 1 N–H and O–H groups in total. The summed E-state index contributed by atoms with van der Waals surface area (Å²) in [6.45, 7) is 13.4. The molecular formula is C18H30N2O4Si. The first kappa shape index (κ1) is 19.7. The molecule has 0 radical (unpaired) electrons. The Morgan fingerprint density at radius 2 is 2.04 bits per heavy atom. The number of amides is 1. The van der Waals surface area contributed by atoms with Gasteiger partial charge in [0.05, 0.1) is 12.7 Å². The van der Waals surface area contributed by atoms with Crippen LogP contribution < -0.4 is 0 Å². The van der Waals surface area contributed by atoms with Crippen molar-refractivity contribution in [3.8, 4) is 0 Å². The second kappa shape index (κ2) is 7.33. The van der Waals surface area contributed by atoms with Crippen LogP contribution in [0.1, 0.15) is 44.6 Å². The number of ether oxygens (including phenoxy) is 1. The molecule has 0 aliphatic carbocycles. The van der Waals surface area contributed by atoms with E-state index >= 15 is 0 Å². The van der Waals surface area contributed by atoms with Crippen molar-refractivity contribution in [1.82, 2.24) is 9.88 Å². The second-order valence-corrected chi connectivity index (χ2v) is 12.8. The van der Waals surface area contributed by atoms with Crippen LogP contribution in [-0.2, 0) is 14.0 Å². The summed E-state index contributed by atoms with van der Waals surface area (Å²) in [4.78, 5) is 29.6. The largest absolute Gasteiger partial charge is 0.464 e. The lowest BCUT2D eigenvalue weighted by Crippen LogP contribution is -2.45. The van der Waals surface area contributed by atoms with E-state index in [1.165, 1.54) is 0 Å². The Labute approximate surface area is 151 Å². The molecule has 0 aromatic carbocycles. The van der Waals surface area contributed by atoms with Gasteiger partial charge in [-0.05, 0) is 37.2 Å². The van der Waals surface area contributed by atoms with Crippen LogP contribution in [0.4, 0.5) is 0 Å². The van der Waals surface area contributed by atoms with Crippen molar-refractivity contribution in [2.75, 3.05) is 13.2 Å². The van der Waals surface area contributed by atoms with E-state index in [2.05, 4.69) is 38.8 Å². The summed E-state index contributed by atoms with van der Waals surface area (Å²) in [6, 6.07) is 2.89. The molecule has 2 heterocycles. The average molecular weight is 367 g/mol. The number of likely N-dealkylation sites (tertiary alicyclic amines) is 1. The number of carbonyl (C=O) groups excluding carboxylic acids is 2. The lowest BCUT2D eigenvalue weighted by molar-refractivity contribution is -0.147. The number of aromatic nitrogens is 1. The van der Waals surface area contributed by atoms with Gasteiger partial charge in [-0.3, -0.25) is 4.79 Å².